The molecule has 1 aliphatic heterocycles. The van der Waals surface area contributed by atoms with Crippen LogP contribution in [0.15, 0.2) is 40.8 Å². The van der Waals surface area contributed by atoms with E-state index < -0.39 is 21.8 Å². The number of nitrogens with one attached hydrogen (secondary N) is 2. The fourth-order valence-corrected chi connectivity index (χ4v) is 3.02. The van der Waals surface area contributed by atoms with Gasteiger partial charge in [0, 0.05) is 13.1 Å². The van der Waals surface area contributed by atoms with E-state index in [9.17, 15) is 21.6 Å². The molecule has 1 aromatic carbocycles. The van der Waals surface area contributed by atoms with E-state index in [0.717, 1.165) is 30.3 Å². The average molecular weight is 320 g/mol. The minimum absolute atomic E-state index is 0.111. The van der Waals surface area contributed by atoms with Crippen molar-refractivity contribution in [2.45, 2.75) is 17.5 Å². The summed E-state index contributed by atoms with van der Waals surface area (Å²) >= 11 is 0. The zero-order valence-electron chi connectivity index (χ0n) is 11.1. The van der Waals surface area contributed by atoms with E-state index in [-0.39, 0.29) is 11.4 Å². The lowest BCUT2D eigenvalue weighted by molar-refractivity contribution is -0.137. The predicted molar refractivity (Wildman–Crippen MR) is 72.2 cm³/mol. The van der Waals surface area contributed by atoms with E-state index >= 15 is 0 Å². The normalized spacial score (nSPS) is 16.6. The molecule has 116 valence electrons. The van der Waals surface area contributed by atoms with E-state index in [1.807, 2.05) is 6.08 Å². The van der Waals surface area contributed by atoms with Gasteiger partial charge in [0.1, 0.15) is 0 Å². The summed E-state index contributed by atoms with van der Waals surface area (Å²) in [5, 5.41) is 3.09. The lowest BCUT2D eigenvalue weighted by Gasteiger charge is -2.15. The van der Waals surface area contributed by atoms with E-state index in [1.54, 1.807) is 0 Å². The fraction of sp³-hybridized carbons (Fsp3) is 0.385. The van der Waals surface area contributed by atoms with Gasteiger partial charge in [-0.15, -0.1) is 0 Å². The van der Waals surface area contributed by atoms with Gasteiger partial charge in [0.2, 0.25) is 10.0 Å². The Morgan fingerprint density at radius 2 is 2.05 bits per heavy atom. The first-order valence-corrected chi connectivity index (χ1v) is 7.83. The third kappa shape index (κ3) is 4.29. The maximum Gasteiger partial charge on any atom is 0.416 e. The topological polar surface area (TPSA) is 58.2 Å². The number of alkyl halides is 3. The molecule has 2 rings (SSSR count). The van der Waals surface area contributed by atoms with Crippen LogP contribution in [0.5, 0.6) is 0 Å². The highest BCUT2D eigenvalue weighted by atomic mass is 32.2. The molecule has 0 atom stereocenters. The third-order valence-electron chi connectivity index (χ3n) is 3.12. The summed E-state index contributed by atoms with van der Waals surface area (Å²) < 4.78 is 64.2. The Morgan fingerprint density at radius 1 is 1.29 bits per heavy atom. The largest absolute Gasteiger partial charge is 0.416 e. The van der Waals surface area contributed by atoms with Crippen LogP contribution in [-0.2, 0) is 16.2 Å². The van der Waals surface area contributed by atoms with E-state index in [4.69, 9.17) is 0 Å². The molecular weight excluding hydrogens is 305 g/mol. The summed E-state index contributed by atoms with van der Waals surface area (Å²) in [5.41, 5.74) is -0.0595. The van der Waals surface area contributed by atoms with E-state index in [0.29, 0.717) is 19.0 Å². The van der Waals surface area contributed by atoms with Crippen molar-refractivity contribution in [3.05, 3.63) is 41.5 Å². The zero-order valence-corrected chi connectivity index (χ0v) is 11.9. The van der Waals surface area contributed by atoms with E-state index in [2.05, 4.69) is 10.0 Å². The molecular formula is C13H15F3N2O2S. The van der Waals surface area contributed by atoms with Gasteiger partial charge < -0.3 is 5.32 Å². The quantitative estimate of drug-likeness (QED) is 0.833. The summed E-state index contributed by atoms with van der Waals surface area (Å²) in [6.45, 7) is 1.54. The lowest BCUT2D eigenvalue weighted by Crippen LogP contribution is -2.29. The molecule has 4 nitrogen and oxygen atoms in total. The second kappa shape index (κ2) is 6.17. The Kier molecular flexibility index (Phi) is 4.70. The summed E-state index contributed by atoms with van der Waals surface area (Å²) in [4.78, 5) is -0.383. The fourth-order valence-electron chi connectivity index (χ4n) is 1.94. The highest BCUT2D eigenvalue weighted by Crippen LogP contribution is 2.30. The van der Waals surface area contributed by atoms with Crippen molar-refractivity contribution >= 4 is 10.0 Å². The van der Waals surface area contributed by atoms with Crippen LogP contribution in [0.25, 0.3) is 0 Å². The Labute approximate surface area is 121 Å². The van der Waals surface area contributed by atoms with Crippen LogP contribution in [0.4, 0.5) is 13.2 Å². The van der Waals surface area contributed by atoms with Crippen LogP contribution in [0.2, 0.25) is 0 Å². The summed E-state index contributed by atoms with van der Waals surface area (Å²) in [5.74, 6) is 0. The van der Waals surface area contributed by atoms with Crippen LogP contribution >= 0.6 is 0 Å². The van der Waals surface area contributed by atoms with Crippen LogP contribution in [-0.4, -0.2) is 28.1 Å². The molecule has 0 saturated heterocycles. The van der Waals surface area contributed by atoms with Crippen LogP contribution in [0.1, 0.15) is 12.0 Å². The van der Waals surface area contributed by atoms with Gasteiger partial charge >= 0.3 is 6.18 Å². The average Bonchev–Trinajstić information content (AvgIpc) is 2.46. The van der Waals surface area contributed by atoms with Crippen molar-refractivity contribution in [3.8, 4) is 0 Å². The summed E-state index contributed by atoms with van der Waals surface area (Å²) in [6, 6.07) is 3.71. The summed E-state index contributed by atoms with van der Waals surface area (Å²) in [7, 11) is -3.95. The van der Waals surface area contributed by atoms with Crippen molar-refractivity contribution in [3.63, 3.8) is 0 Å². The Morgan fingerprint density at radius 3 is 2.67 bits per heavy atom. The minimum Gasteiger partial charge on any atom is -0.313 e. The van der Waals surface area contributed by atoms with Crippen molar-refractivity contribution < 1.29 is 21.6 Å². The SMILES string of the molecule is O=S(=O)(NCC1=CCNCC1)c1cccc(C(F)(F)F)c1. The van der Waals surface area contributed by atoms with Gasteiger partial charge in [-0.3, -0.25) is 0 Å². The Hall–Kier alpha value is -1.38. The lowest BCUT2D eigenvalue weighted by atomic mass is 10.1. The maximum absolute atomic E-state index is 12.6. The van der Waals surface area contributed by atoms with Gasteiger partial charge in [0.05, 0.1) is 10.5 Å². The molecule has 0 fully saturated rings. The molecule has 8 heteroatoms. The molecule has 0 unspecified atom stereocenters. The number of hydrogen-bond acceptors (Lipinski definition) is 3. The van der Waals surface area contributed by atoms with Gasteiger partial charge in [-0.1, -0.05) is 17.7 Å². The Balaban J connectivity index is 2.14. The molecule has 0 amide bonds. The monoisotopic (exact) mass is 320 g/mol. The number of hydrogen-bond donors (Lipinski definition) is 2. The molecule has 0 saturated carbocycles. The number of rotatable bonds is 4. The molecule has 1 aromatic rings. The molecule has 21 heavy (non-hydrogen) atoms. The van der Waals surface area contributed by atoms with Crippen molar-refractivity contribution in [2.24, 2.45) is 0 Å². The number of benzene rings is 1. The zero-order chi connectivity index (χ0) is 15.5. The van der Waals surface area contributed by atoms with Gasteiger partial charge in [-0.05, 0) is 31.2 Å². The first kappa shape index (κ1) is 16.0. The van der Waals surface area contributed by atoms with Gasteiger partial charge in [0.15, 0.2) is 0 Å². The van der Waals surface area contributed by atoms with Crippen LogP contribution < -0.4 is 10.0 Å². The molecule has 1 aliphatic rings. The standard InChI is InChI=1S/C13H15F3N2O2S/c14-13(15,16)11-2-1-3-12(8-11)21(19,20)18-9-10-4-6-17-7-5-10/h1-4,8,17-18H,5-7,9H2. The molecule has 2 N–H and O–H groups in total. The number of sulfonamides is 1. The highest BCUT2D eigenvalue weighted by molar-refractivity contribution is 7.89. The second-order valence-corrected chi connectivity index (χ2v) is 6.43. The minimum atomic E-state index is -4.57. The first-order chi connectivity index (χ1) is 9.79. The predicted octanol–water partition coefficient (Wildman–Crippen LogP) is 1.90. The van der Waals surface area contributed by atoms with Crippen LogP contribution in [0.3, 0.4) is 0 Å². The van der Waals surface area contributed by atoms with Crippen molar-refractivity contribution in [1.82, 2.24) is 10.0 Å². The third-order valence-corrected chi connectivity index (χ3v) is 4.52. The molecule has 0 aromatic heterocycles. The smallest absolute Gasteiger partial charge is 0.313 e. The molecule has 1 heterocycles. The van der Waals surface area contributed by atoms with Gasteiger partial charge in [0.25, 0.3) is 0 Å². The molecule has 0 bridgehead atoms. The highest BCUT2D eigenvalue weighted by Gasteiger charge is 2.31. The second-order valence-electron chi connectivity index (χ2n) is 4.67. The molecule has 0 aliphatic carbocycles. The van der Waals surface area contributed by atoms with Gasteiger partial charge in [-0.25, -0.2) is 13.1 Å². The maximum atomic E-state index is 12.6. The molecule has 0 spiro atoms. The van der Waals surface area contributed by atoms with Crippen molar-refractivity contribution in [1.29, 1.82) is 0 Å². The van der Waals surface area contributed by atoms with E-state index in [1.165, 1.54) is 0 Å². The summed E-state index contributed by atoms with van der Waals surface area (Å²) in [6.07, 6.45) is -1.98. The molecule has 0 radical (unpaired) electrons. The van der Waals surface area contributed by atoms with Crippen molar-refractivity contribution in [2.75, 3.05) is 19.6 Å². The van der Waals surface area contributed by atoms with Crippen LogP contribution in [0, 0.1) is 0 Å². The Bertz CT molecular complexity index is 639. The van der Waals surface area contributed by atoms with Gasteiger partial charge in [-0.2, -0.15) is 13.2 Å². The number of halogens is 3. The first-order valence-electron chi connectivity index (χ1n) is 6.34.